The Morgan fingerprint density at radius 1 is 1.12 bits per heavy atom. The van der Waals surface area contributed by atoms with E-state index in [1.54, 1.807) is 24.3 Å². The summed E-state index contributed by atoms with van der Waals surface area (Å²) in [5.41, 5.74) is 0.242. The van der Waals surface area contributed by atoms with Gasteiger partial charge in [0.2, 0.25) is 11.8 Å². The number of benzene rings is 1. The van der Waals surface area contributed by atoms with Crippen LogP contribution in [-0.2, 0) is 16.0 Å². The highest BCUT2D eigenvalue weighted by molar-refractivity contribution is 5.88. The summed E-state index contributed by atoms with van der Waals surface area (Å²) in [4.78, 5) is 35.7. The second-order valence-electron chi connectivity index (χ2n) is 6.37. The van der Waals surface area contributed by atoms with Crippen LogP contribution in [0.1, 0.15) is 37.8 Å². The van der Waals surface area contributed by atoms with Crippen LogP contribution in [0, 0.1) is 0 Å². The number of aromatic amines is 1. The molecule has 3 N–H and O–H groups in total. The Hall–Kier alpha value is -2.70. The molecule has 0 aliphatic heterocycles. The van der Waals surface area contributed by atoms with Crippen molar-refractivity contribution in [1.29, 1.82) is 0 Å². The van der Waals surface area contributed by atoms with Gasteiger partial charge in [0.05, 0.1) is 17.5 Å². The Morgan fingerprint density at radius 3 is 2.60 bits per heavy atom. The number of amides is 2. The zero-order valence-corrected chi connectivity index (χ0v) is 14.0. The zero-order valence-electron chi connectivity index (χ0n) is 14.0. The molecule has 1 aliphatic carbocycles. The van der Waals surface area contributed by atoms with Gasteiger partial charge in [-0.3, -0.25) is 14.4 Å². The first-order valence-electron chi connectivity index (χ1n) is 8.66. The van der Waals surface area contributed by atoms with Gasteiger partial charge in [-0.05, 0) is 18.9 Å². The van der Waals surface area contributed by atoms with Gasteiger partial charge in [-0.15, -0.1) is 0 Å². The smallest absolute Gasteiger partial charge is 0.272 e. The molecule has 2 amide bonds. The summed E-state index contributed by atoms with van der Waals surface area (Å²) in [6.07, 6.45) is 4.75. The molecule has 7 nitrogen and oxygen atoms in total. The number of hydrogen-bond acceptors (Lipinski definition) is 4. The van der Waals surface area contributed by atoms with Gasteiger partial charge in [-0.25, -0.2) is 5.10 Å². The lowest BCUT2D eigenvalue weighted by Crippen LogP contribution is -2.36. The highest BCUT2D eigenvalue weighted by atomic mass is 16.2. The van der Waals surface area contributed by atoms with E-state index in [-0.39, 0.29) is 30.2 Å². The van der Waals surface area contributed by atoms with Crippen molar-refractivity contribution in [3.8, 4) is 0 Å². The minimum Gasteiger partial charge on any atom is -0.355 e. The summed E-state index contributed by atoms with van der Waals surface area (Å²) in [5, 5.41) is 13.3. The van der Waals surface area contributed by atoms with E-state index < -0.39 is 0 Å². The van der Waals surface area contributed by atoms with Crippen molar-refractivity contribution in [3.63, 3.8) is 0 Å². The maximum Gasteiger partial charge on any atom is 0.272 e. The number of fused-ring (bicyclic) bond motifs is 1. The van der Waals surface area contributed by atoms with Gasteiger partial charge in [-0.2, -0.15) is 5.10 Å². The Morgan fingerprint density at radius 2 is 1.84 bits per heavy atom. The Labute approximate surface area is 145 Å². The van der Waals surface area contributed by atoms with Crippen molar-refractivity contribution in [2.24, 2.45) is 0 Å². The van der Waals surface area contributed by atoms with Crippen LogP contribution in [0.4, 0.5) is 0 Å². The van der Waals surface area contributed by atoms with Crippen LogP contribution in [0.25, 0.3) is 10.8 Å². The minimum atomic E-state index is -0.275. The summed E-state index contributed by atoms with van der Waals surface area (Å²) in [7, 11) is 0. The molecule has 7 heteroatoms. The minimum absolute atomic E-state index is 0.0279. The van der Waals surface area contributed by atoms with E-state index >= 15 is 0 Å². The van der Waals surface area contributed by atoms with E-state index in [0.29, 0.717) is 29.1 Å². The van der Waals surface area contributed by atoms with Crippen LogP contribution < -0.4 is 16.2 Å². The summed E-state index contributed by atoms with van der Waals surface area (Å²) in [6, 6.07) is 7.34. The molecular formula is C18H22N4O3. The van der Waals surface area contributed by atoms with E-state index in [0.717, 1.165) is 12.8 Å². The molecule has 0 spiro atoms. The number of nitrogens with zero attached hydrogens (tertiary/aromatic N) is 1. The van der Waals surface area contributed by atoms with Crippen LogP contribution in [0.15, 0.2) is 29.1 Å². The van der Waals surface area contributed by atoms with Gasteiger partial charge < -0.3 is 10.6 Å². The third-order valence-electron chi connectivity index (χ3n) is 4.50. The predicted octanol–water partition coefficient (Wildman–Crippen LogP) is 1.03. The maximum atomic E-state index is 12.1. The molecule has 0 saturated heterocycles. The molecule has 1 aliphatic rings. The molecule has 1 fully saturated rings. The average molecular weight is 342 g/mol. The van der Waals surface area contributed by atoms with Crippen molar-refractivity contribution in [3.05, 3.63) is 40.3 Å². The van der Waals surface area contributed by atoms with E-state index in [1.165, 1.54) is 12.8 Å². The molecular weight excluding hydrogens is 320 g/mol. The number of aromatic nitrogens is 2. The monoisotopic (exact) mass is 342 g/mol. The summed E-state index contributed by atoms with van der Waals surface area (Å²) < 4.78 is 0. The quantitative estimate of drug-likeness (QED) is 0.729. The van der Waals surface area contributed by atoms with Gasteiger partial charge in [0.1, 0.15) is 0 Å². The largest absolute Gasteiger partial charge is 0.355 e. The highest BCUT2D eigenvalue weighted by Crippen LogP contribution is 2.17. The first-order chi connectivity index (χ1) is 12.1. The Balaban J connectivity index is 1.50. The lowest BCUT2D eigenvalue weighted by molar-refractivity contribution is -0.122. The molecule has 3 rings (SSSR count). The molecule has 1 aromatic carbocycles. The number of carbonyl (C=O) groups excluding carboxylic acids is 2. The fourth-order valence-corrected chi connectivity index (χ4v) is 3.21. The summed E-state index contributed by atoms with van der Waals surface area (Å²) in [6.45, 7) is 0.290. The van der Waals surface area contributed by atoms with E-state index in [1.807, 2.05) is 0 Å². The number of hydrogen-bond donors (Lipinski definition) is 3. The SMILES string of the molecule is O=C(Cc1n[nH]c(=O)c2ccccc12)NCCC(=O)NC1CCCC1. The van der Waals surface area contributed by atoms with Crippen molar-refractivity contribution in [1.82, 2.24) is 20.8 Å². The first kappa shape index (κ1) is 17.1. The molecule has 132 valence electrons. The summed E-state index contributed by atoms with van der Waals surface area (Å²) >= 11 is 0. The molecule has 0 bridgehead atoms. The number of carbonyl (C=O) groups is 2. The van der Waals surface area contributed by atoms with Gasteiger partial charge >= 0.3 is 0 Å². The van der Waals surface area contributed by atoms with Crippen LogP contribution in [-0.4, -0.2) is 34.6 Å². The standard InChI is InChI=1S/C18H22N4O3/c23-16(20-12-5-1-2-6-12)9-10-19-17(24)11-15-13-7-3-4-8-14(13)18(25)22-21-15/h3-4,7-8,12H,1-2,5-6,9-11H2,(H,19,24)(H,20,23)(H,22,25). The number of nitrogens with one attached hydrogen (secondary N) is 3. The second kappa shape index (κ2) is 7.92. The second-order valence-corrected chi connectivity index (χ2v) is 6.37. The zero-order chi connectivity index (χ0) is 17.6. The molecule has 2 aromatic rings. The van der Waals surface area contributed by atoms with E-state index in [9.17, 15) is 14.4 Å². The molecule has 1 aromatic heterocycles. The Bertz CT molecular complexity index is 824. The molecule has 0 atom stereocenters. The molecule has 25 heavy (non-hydrogen) atoms. The van der Waals surface area contributed by atoms with E-state index in [4.69, 9.17) is 0 Å². The van der Waals surface area contributed by atoms with Crippen LogP contribution in [0.5, 0.6) is 0 Å². The molecule has 1 heterocycles. The van der Waals surface area contributed by atoms with Crippen molar-refractivity contribution < 1.29 is 9.59 Å². The van der Waals surface area contributed by atoms with Gasteiger partial charge in [0.15, 0.2) is 0 Å². The lowest BCUT2D eigenvalue weighted by Gasteiger charge is -2.12. The van der Waals surface area contributed by atoms with Crippen LogP contribution >= 0.6 is 0 Å². The van der Waals surface area contributed by atoms with Crippen molar-refractivity contribution in [2.75, 3.05) is 6.54 Å². The number of rotatable bonds is 6. The first-order valence-corrected chi connectivity index (χ1v) is 8.66. The molecule has 0 unspecified atom stereocenters. The van der Waals surface area contributed by atoms with Crippen molar-refractivity contribution >= 4 is 22.6 Å². The fraction of sp³-hybridized carbons (Fsp3) is 0.444. The van der Waals surface area contributed by atoms with Gasteiger partial charge in [0.25, 0.3) is 5.56 Å². The van der Waals surface area contributed by atoms with Gasteiger partial charge in [0, 0.05) is 24.4 Å². The lowest BCUT2D eigenvalue weighted by atomic mass is 10.1. The van der Waals surface area contributed by atoms with Crippen LogP contribution in [0.2, 0.25) is 0 Å². The van der Waals surface area contributed by atoms with Crippen molar-refractivity contribution in [2.45, 2.75) is 44.6 Å². The molecule has 0 radical (unpaired) electrons. The summed E-state index contributed by atoms with van der Waals surface area (Å²) in [5.74, 6) is -0.252. The highest BCUT2D eigenvalue weighted by Gasteiger charge is 2.17. The predicted molar refractivity (Wildman–Crippen MR) is 94.1 cm³/mol. The van der Waals surface area contributed by atoms with Gasteiger partial charge in [-0.1, -0.05) is 31.0 Å². The number of H-pyrrole nitrogens is 1. The average Bonchev–Trinajstić information content (AvgIpc) is 3.10. The normalized spacial score (nSPS) is 14.6. The third-order valence-corrected chi connectivity index (χ3v) is 4.50. The van der Waals surface area contributed by atoms with Crippen LogP contribution in [0.3, 0.4) is 0 Å². The maximum absolute atomic E-state index is 12.1. The topological polar surface area (TPSA) is 104 Å². The fourth-order valence-electron chi connectivity index (χ4n) is 3.21. The molecule has 1 saturated carbocycles. The van der Waals surface area contributed by atoms with E-state index in [2.05, 4.69) is 20.8 Å². The Kier molecular flexibility index (Phi) is 5.42. The third kappa shape index (κ3) is 4.43.